The molecule has 0 bridgehead atoms. The Morgan fingerprint density at radius 1 is 0.931 bits per heavy atom. The van der Waals surface area contributed by atoms with E-state index >= 15 is 0 Å². The summed E-state index contributed by atoms with van der Waals surface area (Å²) in [6, 6.07) is 11.2. The smallest absolute Gasteiger partial charge is 0.331 e. The van der Waals surface area contributed by atoms with Gasteiger partial charge in [0.2, 0.25) is 0 Å². The number of ether oxygens (including phenoxy) is 3. The van der Waals surface area contributed by atoms with Crippen LogP contribution in [0.3, 0.4) is 0 Å². The van der Waals surface area contributed by atoms with Gasteiger partial charge in [-0.1, -0.05) is 24.3 Å². The minimum Gasteiger partial charge on any atom is -0.497 e. The predicted octanol–water partition coefficient (Wildman–Crippen LogP) is 2.37. The van der Waals surface area contributed by atoms with Gasteiger partial charge in [-0.25, -0.2) is 4.79 Å². The van der Waals surface area contributed by atoms with E-state index < -0.39 is 17.8 Å². The lowest BCUT2D eigenvalue weighted by molar-refractivity contribution is -0.130. The lowest BCUT2D eigenvalue weighted by Gasteiger charge is -2.26. The molecule has 8 heteroatoms. The maximum atomic E-state index is 12.9. The Labute approximate surface area is 167 Å². The Hall–Kier alpha value is -3.81. The molecule has 2 aromatic rings. The summed E-state index contributed by atoms with van der Waals surface area (Å²) in [4.78, 5) is 38.4. The molecule has 0 aromatic heterocycles. The summed E-state index contributed by atoms with van der Waals surface area (Å²) in [6.07, 6.45) is 1.38. The first kappa shape index (κ1) is 19.9. The molecule has 1 fully saturated rings. The largest absolute Gasteiger partial charge is 0.497 e. The number of carbonyl (C=O) groups excluding carboxylic acids is 3. The molecule has 29 heavy (non-hydrogen) atoms. The Morgan fingerprint density at radius 3 is 2.28 bits per heavy atom. The van der Waals surface area contributed by atoms with Crippen molar-refractivity contribution < 1.29 is 28.6 Å². The van der Waals surface area contributed by atoms with E-state index in [1.165, 1.54) is 20.3 Å². The Morgan fingerprint density at radius 2 is 1.66 bits per heavy atom. The molecule has 0 saturated carbocycles. The van der Waals surface area contributed by atoms with E-state index in [0.717, 1.165) is 4.90 Å². The number of nitrogens with zero attached hydrogens (tertiary/aromatic N) is 1. The van der Waals surface area contributed by atoms with Crippen molar-refractivity contribution in [3.63, 3.8) is 0 Å². The molecule has 0 radical (unpaired) electrons. The van der Waals surface area contributed by atoms with Crippen molar-refractivity contribution in [2.45, 2.75) is 6.54 Å². The van der Waals surface area contributed by atoms with E-state index in [1.807, 2.05) is 0 Å². The van der Waals surface area contributed by atoms with E-state index in [-0.39, 0.29) is 12.1 Å². The van der Waals surface area contributed by atoms with Crippen LogP contribution in [0.25, 0.3) is 6.08 Å². The Kier molecular flexibility index (Phi) is 5.82. The fourth-order valence-electron chi connectivity index (χ4n) is 2.93. The summed E-state index contributed by atoms with van der Waals surface area (Å²) < 4.78 is 15.7. The van der Waals surface area contributed by atoms with Crippen LogP contribution >= 0.6 is 0 Å². The van der Waals surface area contributed by atoms with Gasteiger partial charge in [0, 0.05) is 5.56 Å². The van der Waals surface area contributed by atoms with Gasteiger partial charge in [-0.3, -0.25) is 19.8 Å². The molecular weight excluding hydrogens is 376 g/mol. The van der Waals surface area contributed by atoms with Crippen molar-refractivity contribution >= 4 is 23.9 Å². The molecule has 1 aliphatic rings. The van der Waals surface area contributed by atoms with Crippen molar-refractivity contribution in [1.29, 1.82) is 0 Å². The van der Waals surface area contributed by atoms with Crippen molar-refractivity contribution in [3.05, 3.63) is 59.2 Å². The van der Waals surface area contributed by atoms with Crippen LogP contribution in [0.15, 0.2) is 48.0 Å². The van der Waals surface area contributed by atoms with Crippen molar-refractivity contribution in [2.75, 3.05) is 21.3 Å². The summed E-state index contributed by atoms with van der Waals surface area (Å²) in [5.74, 6) is 0.0257. The molecule has 4 amide bonds. The first-order valence-corrected chi connectivity index (χ1v) is 8.71. The number of carbonyl (C=O) groups is 3. The van der Waals surface area contributed by atoms with Crippen LogP contribution in [0.4, 0.5) is 4.79 Å². The fourth-order valence-corrected chi connectivity index (χ4v) is 2.93. The third kappa shape index (κ3) is 4.06. The monoisotopic (exact) mass is 396 g/mol. The van der Waals surface area contributed by atoms with Gasteiger partial charge in [0.15, 0.2) is 11.5 Å². The van der Waals surface area contributed by atoms with Gasteiger partial charge in [-0.15, -0.1) is 0 Å². The van der Waals surface area contributed by atoms with Crippen LogP contribution < -0.4 is 19.5 Å². The number of methoxy groups -OCH3 is 3. The van der Waals surface area contributed by atoms with Gasteiger partial charge in [0.05, 0.1) is 27.9 Å². The van der Waals surface area contributed by atoms with Gasteiger partial charge in [-0.2, -0.15) is 0 Å². The van der Waals surface area contributed by atoms with Crippen molar-refractivity contribution in [3.8, 4) is 17.2 Å². The topological polar surface area (TPSA) is 94.2 Å². The number of para-hydroxylation sites is 1. The molecule has 1 aliphatic heterocycles. The minimum absolute atomic E-state index is 0.00846. The molecule has 0 aliphatic carbocycles. The molecule has 1 saturated heterocycles. The summed E-state index contributed by atoms with van der Waals surface area (Å²) >= 11 is 0. The maximum absolute atomic E-state index is 12.9. The van der Waals surface area contributed by atoms with E-state index in [1.54, 1.807) is 49.6 Å². The van der Waals surface area contributed by atoms with Crippen LogP contribution in [0.2, 0.25) is 0 Å². The molecule has 150 valence electrons. The molecule has 0 unspecified atom stereocenters. The average molecular weight is 396 g/mol. The molecule has 1 heterocycles. The zero-order chi connectivity index (χ0) is 21.0. The number of hydrogen-bond acceptors (Lipinski definition) is 6. The second kappa shape index (κ2) is 8.47. The van der Waals surface area contributed by atoms with Crippen LogP contribution in [-0.4, -0.2) is 44.1 Å². The average Bonchev–Trinajstić information content (AvgIpc) is 2.74. The fraction of sp³-hybridized carbons (Fsp3) is 0.190. The Balaban J connectivity index is 1.93. The van der Waals surface area contributed by atoms with Crippen molar-refractivity contribution in [2.24, 2.45) is 0 Å². The molecule has 0 atom stereocenters. The number of nitrogens with one attached hydrogen (secondary N) is 1. The first-order chi connectivity index (χ1) is 14.0. The van der Waals surface area contributed by atoms with Crippen molar-refractivity contribution in [1.82, 2.24) is 10.2 Å². The zero-order valence-electron chi connectivity index (χ0n) is 16.2. The summed E-state index contributed by atoms with van der Waals surface area (Å²) in [7, 11) is 4.50. The quantitative estimate of drug-likeness (QED) is 0.595. The zero-order valence-corrected chi connectivity index (χ0v) is 16.2. The number of imide groups is 2. The van der Waals surface area contributed by atoms with Gasteiger partial charge < -0.3 is 14.2 Å². The van der Waals surface area contributed by atoms with Gasteiger partial charge in [0.1, 0.15) is 11.3 Å². The predicted molar refractivity (Wildman–Crippen MR) is 105 cm³/mol. The minimum atomic E-state index is -0.773. The highest BCUT2D eigenvalue weighted by Gasteiger charge is 2.36. The molecule has 8 nitrogen and oxygen atoms in total. The second-order valence-electron chi connectivity index (χ2n) is 6.14. The lowest BCUT2D eigenvalue weighted by atomic mass is 10.1. The highest BCUT2D eigenvalue weighted by atomic mass is 16.5. The Bertz CT molecular complexity index is 981. The SMILES string of the molecule is COc1ccc(CN2C(=O)NC(=O)/C(=C\c3cccc(OC)c3OC)C2=O)cc1. The van der Waals surface area contributed by atoms with E-state index in [0.29, 0.717) is 28.4 Å². The van der Waals surface area contributed by atoms with Gasteiger partial charge in [-0.05, 0) is 29.8 Å². The van der Waals surface area contributed by atoms with Crippen LogP contribution in [0.5, 0.6) is 17.2 Å². The number of barbiturate groups is 1. The molecular formula is C21H20N2O6. The molecule has 2 aromatic carbocycles. The molecule has 0 spiro atoms. The standard InChI is InChI=1S/C21H20N2O6/c1-27-15-9-7-13(8-10-15)12-23-20(25)16(19(24)22-21(23)26)11-14-5-4-6-17(28-2)18(14)29-3/h4-11H,12H2,1-3H3,(H,22,24,26)/b16-11+. The highest BCUT2D eigenvalue weighted by molar-refractivity contribution is 6.31. The van der Waals surface area contributed by atoms with Gasteiger partial charge >= 0.3 is 6.03 Å². The highest BCUT2D eigenvalue weighted by Crippen LogP contribution is 2.32. The first-order valence-electron chi connectivity index (χ1n) is 8.71. The summed E-state index contributed by atoms with van der Waals surface area (Å²) in [6.45, 7) is 0.00846. The van der Waals surface area contributed by atoms with Crippen LogP contribution in [0, 0.1) is 0 Å². The number of rotatable bonds is 6. The lowest BCUT2D eigenvalue weighted by Crippen LogP contribution is -2.53. The summed E-state index contributed by atoms with van der Waals surface area (Å²) in [5.41, 5.74) is 1.01. The maximum Gasteiger partial charge on any atom is 0.331 e. The summed E-state index contributed by atoms with van der Waals surface area (Å²) in [5, 5.41) is 2.20. The van der Waals surface area contributed by atoms with Crippen LogP contribution in [-0.2, 0) is 16.1 Å². The third-order valence-electron chi connectivity index (χ3n) is 4.42. The molecule has 1 N–H and O–H groups in total. The van der Waals surface area contributed by atoms with E-state index in [9.17, 15) is 14.4 Å². The van der Waals surface area contributed by atoms with E-state index in [2.05, 4.69) is 5.32 Å². The number of hydrogen-bond donors (Lipinski definition) is 1. The number of amides is 4. The van der Waals surface area contributed by atoms with E-state index in [4.69, 9.17) is 14.2 Å². The normalized spacial score (nSPS) is 15.3. The number of urea groups is 1. The molecule has 3 rings (SSSR count). The second-order valence-corrected chi connectivity index (χ2v) is 6.14. The third-order valence-corrected chi connectivity index (χ3v) is 4.42. The van der Waals surface area contributed by atoms with Crippen LogP contribution in [0.1, 0.15) is 11.1 Å². The number of benzene rings is 2. The van der Waals surface area contributed by atoms with Gasteiger partial charge in [0.25, 0.3) is 11.8 Å².